The molecule has 0 amide bonds. The summed E-state index contributed by atoms with van der Waals surface area (Å²) in [5.41, 5.74) is 2.30. The lowest BCUT2D eigenvalue weighted by Crippen LogP contribution is -2.05. The molecule has 2 aromatic rings. The minimum absolute atomic E-state index is 0.347. The summed E-state index contributed by atoms with van der Waals surface area (Å²) in [6, 6.07) is 1.76. The van der Waals surface area contributed by atoms with E-state index in [1.807, 2.05) is 5.38 Å². The quantitative estimate of drug-likeness (QED) is 0.765. The van der Waals surface area contributed by atoms with Crippen molar-refractivity contribution < 1.29 is 9.53 Å². The second kappa shape index (κ2) is 4.85. The van der Waals surface area contributed by atoms with Crippen LogP contribution in [0.3, 0.4) is 0 Å². The van der Waals surface area contributed by atoms with Crippen LogP contribution in [0.2, 0.25) is 0 Å². The topological polar surface area (TPSA) is 52.1 Å². The predicted octanol–water partition coefficient (Wildman–Crippen LogP) is 2.38. The lowest BCUT2D eigenvalue weighted by Gasteiger charge is -2.02. The van der Waals surface area contributed by atoms with E-state index in [4.69, 9.17) is 4.74 Å². The molecule has 4 nitrogen and oxygen atoms in total. The van der Waals surface area contributed by atoms with Gasteiger partial charge in [-0.3, -0.25) is 4.98 Å². The van der Waals surface area contributed by atoms with Crippen molar-refractivity contribution in [2.45, 2.75) is 6.92 Å². The molecule has 0 aliphatic rings. The number of esters is 1. The minimum atomic E-state index is -0.347. The highest BCUT2D eigenvalue weighted by molar-refractivity contribution is 7.03. The highest BCUT2D eigenvalue weighted by Crippen LogP contribution is 2.20. The molecule has 0 aliphatic carbocycles. The van der Waals surface area contributed by atoms with Crippen LogP contribution < -0.4 is 0 Å². The van der Waals surface area contributed by atoms with Crippen molar-refractivity contribution in [1.82, 2.24) is 9.36 Å². The van der Waals surface area contributed by atoms with E-state index in [1.165, 1.54) is 17.7 Å². The molecule has 0 aliphatic heterocycles. The van der Waals surface area contributed by atoms with E-state index in [2.05, 4.69) is 9.36 Å². The Labute approximate surface area is 97.1 Å². The Morgan fingerprint density at radius 1 is 1.38 bits per heavy atom. The first-order chi connectivity index (χ1) is 7.81. The van der Waals surface area contributed by atoms with Crippen LogP contribution in [0.1, 0.15) is 17.3 Å². The fourth-order valence-electron chi connectivity index (χ4n) is 1.27. The third-order valence-electron chi connectivity index (χ3n) is 2.02. The van der Waals surface area contributed by atoms with E-state index in [9.17, 15) is 4.79 Å². The van der Waals surface area contributed by atoms with Gasteiger partial charge in [0.15, 0.2) is 0 Å². The van der Waals surface area contributed by atoms with Crippen LogP contribution >= 0.6 is 11.5 Å². The molecule has 82 valence electrons. The lowest BCUT2D eigenvalue weighted by molar-refractivity contribution is 0.0526. The molecule has 0 spiro atoms. The van der Waals surface area contributed by atoms with E-state index >= 15 is 0 Å². The first-order valence-corrected chi connectivity index (χ1v) is 5.67. The van der Waals surface area contributed by atoms with Gasteiger partial charge in [-0.05, 0) is 24.5 Å². The zero-order valence-electron chi connectivity index (χ0n) is 8.71. The molecule has 0 saturated heterocycles. The molecule has 0 unspecified atom stereocenters. The van der Waals surface area contributed by atoms with Crippen molar-refractivity contribution >= 4 is 17.5 Å². The van der Waals surface area contributed by atoms with Crippen molar-refractivity contribution in [3.05, 3.63) is 35.6 Å². The number of hydrogen-bond acceptors (Lipinski definition) is 5. The van der Waals surface area contributed by atoms with E-state index < -0.39 is 0 Å². The van der Waals surface area contributed by atoms with Crippen LogP contribution in [0.5, 0.6) is 0 Å². The second-order valence-electron chi connectivity index (χ2n) is 3.10. The van der Waals surface area contributed by atoms with Crippen molar-refractivity contribution in [2.75, 3.05) is 6.61 Å². The summed E-state index contributed by atoms with van der Waals surface area (Å²) >= 11 is 1.36. The molecular weight excluding hydrogens is 224 g/mol. The van der Waals surface area contributed by atoms with E-state index in [0.717, 1.165) is 11.1 Å². The number of ether oxygens (including phenoxy) is 1. The van der Waals surface area contributed by atoms with Gasteiger partial charge >= 0.3 is 5.97 Å². The lowest BCUT2D eigenvalue weighted by atomic mass is 10.1. The van der Waals surface area contributed by atoms with Crippen LogP contribution in [-0.4, -0.2) is 21.9 Å². The van der Waals surface area contributed by atoms with Crippen LogP contribution in [0.4, 0.5) is 0 Å². The van der Waals surface area contributed by atoms with Gasteiger partial charge in [0.2, 0.25) is 0 Å². The molecule has 2 rings (SSSR count). The Bertz CT molecular complexity index is 482. The van der Waals surface area contributed by atoms with E-state index in [1.54, 1.807) is 25.4 Å². The standard InChI is InChI=1S/C11H10N2O2S/c1-2-15-11(14)9-3-8(4-12-5-9)10-6-13-16-7-10/h3-7H,2H2,1H3. The molecule has 16 heavy (non-hydrogen) atoms. The second-order valence-corrected chi connectivity index (χ2v) is 3.75. The number of aromatic nitrogens is 2. The van der Waals surface area contributed by atoms with Gasteiger partial charge in [-0.2, -0.15) is 0 Å². The number of rotatable bonds is 3. The smallest absolute Gasteiger partial charge is 0.339 e. The third kappa shape index (κ3) is 2.25. The summed E-state index contributed by atoms with van der Waals surface area (Å²) < 4.78 is 8.92. The molecule has 0 N–H and O–H groups in total. The Kier molecular flexibility index (Phi) is 3.26. The van der Waals surface area contributed by atoms with Gasteiger partial charge in [0.05, 0.1) is 12.2 Å². The van der Waals surface area contributed by atoms with E-state index in [-0.39, 0.29) is 5.97 Å². The predicted molar refractivity (Wildman–Crippen MR) is 61.3 cm³/mol. The molecule has 0 radical (unpaired) electrons. The largest absolute Gasteiger partial charge is 0.462 e. The highest BCUT2D eigenvalue weighted by Gasteiger charge is 2.08. The zero-order valence-corrected chi connectivity index (χ0v) is 9.53. The van der Waals surface area contributed by atoms with Crippen molar-refractivity contribution in [3.63, 3.8) is 0 Å². The summed E-state index contributed by atoms with van der Waals surface area (Å²) in [4.78, 5) is 15.5. The molecule has 2 aromatic heterocycles. The van der Waals surface area contributed by atoms with Gasteiger partial charge in [0, 0.05) is 35.1 Å². The number of pyridine rings is 1. The van der Waals surface area contributed by atoms with Crippen LogP contribution in [0, 0.1) is 0 Å². The highest BCUT2D eigenvalue weighted by atomic mass is 32.1. The van der Waals surface area contributed by atoms with Gasteiger partial charge in [-0.15, -0.1) is 0 Å². The van der Waals surface area contributed by atoms with Gasteiger partial charge < -0.3 is 4.74 Å². The number of carbonyl (C=O) groups excluding carboxylic acids is 1. The number of nitrogens with zero attached hydrogens (tertiary/aromatic N) is 2. The van der Waals surface area contributed by atoms with Crippen molar-refractivity contribution in [2.24, 2.45) is 0 Å². The van der Waals surface area contributed by atoms with Crippen LogP contribution in [0.15, 0.2) is 30.0 Å². The van der Waals surface area contributed by atoms with Crippen molar-refractivity contribution in [3.8, 4) is 11.1 Å². The van der Waals surface area contributed by atoms with Crippen LogP contribution in [-0.2, 0) is 4.74 Å². The molecule has 0 aromatic carbocycles. The first-order valence-electron chi connectivity index (χ1n) is 4.83. The maximum absolute atomic E-state index is 11.5. The molecule has 0 bridgehead atoms. The molecule has 0 saturated carbocycles. The number of hydrogen-bond donors (Lipinski definition) is 0. The van der Waals surface area contributed by atoms with Gasteiger partial charge in [0.25, 0.3) is 0 Å². The van der Waals surface area contributed by atoms with Crippen molar-refractivity contribution in [1.29, 1.82) is 0 Å². The Balaban J connectivity index is 2.30. The van der Waals surface area contributed by atoms with Gasteiger partial charge in [-0.25, -0.2) is 9.17 Å². The van der Waals surface area contributed by atoms with Gasteiger partial charge in [0.1, 0.15) is 0 Å². The normalized spacial score (nSPS) is 10.1. The average molecular weight is 234 g/mol. The SMILES string of the molecule is CCOC(=O)c1cncc(-c2cnsc2)c1. The third-order valence-corrected chi connectivity index (χ3v) is 2.60. The summed E-state index contributed by atoms with van der Waals surface area (Å²) in [5.74, 6) is -0.347. The molecular formula is C11H10N2O2S. The fraction of sp³-hybridized carbons (Fsp3) is 0.182. The Morgan fingerprint density at radius 2 is 2.25 bits per heavy atom. The molecule has 2 heterocycles. The maximum Gasteiger partial charge on any atom is 0.339 e. The maximum atomic E-state index is 11.5. The summed E-state index contributed by atoms with van der Waals surface area (Å²) in [5, 5.41) is 1.91. The van der Waals surface area contributed by atoms with E-state index in [0.29, 0.717) is 12.2 Å². The zero-order chi connectivity index (χ0) is 11.4. The average Bonchev–Trinajstić information content (AvgIpc) is 2.83. The Hall–Kier alpha value is -1.75. The first kappa shape index (κ1) is 10.8. The molecule has 0 fully saturated rings. The summed E-state index contributed by atoms with van der Waals surface area (Å²) in [6.07, 6.45) is 4.95. The monoisotopic (exact) mass is 234 g/mol. The van der Waals surface area contributed by atoms with Crippen LogP contribution in [0.25, 0.3) is 11.1 Å². The Morgan fingerprint density at radius 3 is 2.94 bits per heavy atom. The summed E-state index contributed by atoms with van der Waals surface area (Å²) in [6.45, 7) is 2.14. The fourth-order valence-corrected chi connectivity index (χ4v) is 1.82. The number of carbonyl (C=O) groups is 1. The summed E-state index contributed by atoms with van der Waals surface area (Å²) in [7, 11) is 0. The molecule has 0 atom stereocenters. The van der Waals surface area contributed by atoms with Gasteiger partial charge in [-0.1, -0.05) is 0 Å². The minimum Gasteiger partial charge on any atom is -0.462 e. The molecule has 5 heteroatoms.